The molecule has 0 bridgehead atoms. The highest BCUT2D eigenvalue weighted by molar-refractivity contribution is 5.95. The number of aromatic nitrogens is 2. The molecule has 0 spiro atoms. The second-order valence-corrected chi connectivity index (χ2v) is 5.68. The van der Waals surface area contributed by atoms with E-state index in [1.807, 2.05) is 13.8 Å². The van der Waals surface area contributed by atoms with E-state index in [2.05, 4.69) is 25.9 Å². The summed E-state index contributed by atoms with van der Waals surface area (Å²) < 4.78 is 0. The lowest BCUT2D eigenvalue weighted by atomic mass is 10.1. The maximum Gasteiger partial charge on any atom is 0.277 e. The zero-order chi connectivity index (χ0) is 20.7. The van der Waals surface area contributed by atoms with Crippen LogP contribution in [0.25, 0.3) is 0 Å². The molecule has 12 nitrogen and oxygen atoms in total. The molecule has 0 aliphatic rings. The minimum Gasteiger partial charge on any atom is -0.370 e. The Morgan fingerprint density at radius 1 is 1.00 bits per heavy atom. The molecule has 12 heteroatoms. The van der Waals surface area contributed by atoms with Crippen molar-refractivity contribution < 1.29 is 14.6 Å². The first kappa shape index (κ1) is 20.5. The van der Waals surface area contributed by atoms with Crippen molar-refractivity contribution in [2.75, 3.05) is 30.3 Å². The summed E-state index contributed by atoms with van der Waals surface area (Å²) in [4.78, 5) is 40.9. The van der Waals surface area contributed by atoms with Crippen LogP contribution in [0.3, 0.4) is 0 Å². The third kappa shape index (κ3) is 5.59. The Morgan fingerprint density at radius 2 is 1.64 bits per heavy atom. The number of aryl methyl sites for hydroxylation is 1. The number of anilines is 2. The van der Waals surface area contributed by atoms with E-state index < -0.39 is 27.1 Å². The second kappa shape index (κ2) is 9.21. The van der Waals surface area contributed by atoms with E-state index in [0.29, 0.717) is 18.3 Å². The molecule has 0 aliphatic carbocycles. The van der Waals surface area contributed by atoms with Gasteiger partial charge in [0.1, 0.15) is 5.82 Å². The number of rotatable bonds is 9. The maximum atomic E-state index is 12.2. The first-order valence-electron chi connectivity index (χ1n) is 8.35. The minimum absolute atomic E-state index is 0.156. The third-order valence-corrected chi connectivity index (χ3v) is 3.49. The van der Waals surface area contributed by atoms with Gasteiger partial charge < -0.3 is 16.0 Å². The van der Waals surface area contributed by atoms with Crippen LogP contribution in [0.5, 0.6) is 0 Å². The number of nitro benzene ring substituents is 2. The van der Waals surface area contributed by atoms with Gasteiger partial charge in [0.2, 0.25) is 5.95 Å². The predicted octanol–water partition coefficient (Wildman–Crippen LogP) is 1.88. The molecule has 0 aliphatic heterocycles. The fourth-order valence-corrected chi connectivity index (χ4v) is 2.31. The minimum atomic E-state index is -0.789. The zero-order valence-electron chi connectivity index (χ0n) is 15.3. The average molecular weight is 389 g/mol. The number of nitrogens with one attached hydrogen (secondary N) is 3. The molecule has 148 valence electrons. The summed E-state index contributed by atoms with van der Waals surface area (Å²) in [6, 6.07) is 4.57. The highest BCUT2D eigenvalue weighted by atomic mass is 16.6. The van der Waals surface area contributed by atoms with Crippen LogP contribution >= 0.6 is 0 Å². The maximum absolute atomic E-state index is 12.2. The SMILES string of the molecule is CCNc1cc(C)nc(NCCNC(=O)c2cc([N+](=O)[O-])cc([N+](=O)[O-])c2)n1. The van der Waals surface area contributed by atoms with Gasteiger partial charge >= 0.3 is 0 Å². The van der Waals surface area contributed by atoms with E-state index >= 15 is 0 Å². The number of nitro groups is 2. The highest BCUT2D eigenvalue weighted by Gasteiger charge is 2.19. The molecule has 2 aromatic rings. The molecule has 0 saturated carbocycles. The van der Waals surface area contributed by atoms with Crippen molar-refractivity contribution in [2.45, 2.75) is 13.8 Å². The van der Waals surface area contributed by atoms with Gasteiger partial charge in [-0.05, 0) is 13.8 Å². The average Bonchev–Trinajstić information content (AvgIpc) is 2.64. The van der Waals surface area contributed by atoms with Crippen LogP contribution in [-0.2, 0) is 0 Å². The smallest absolute Gasteiger partial charge is 0.277 e. The van der Waals surface area contributed by atoms with Crippen LogP contribution in [0.15, 0.2) is 24.3 Å². The van der Waals surface area contributed by atoms with Gasteiger partial charge in [0.05, 0.1) is 21.5 Å². The monoisotopic (exact) mass is 389 g/mol. The van der Waals surface area contributed by atoms with Crippen LogP contribution < -0.4 is 16.0 Å². The number of hydrogen-bond acceptors (Lipinski definition) is 9. The quantitative estimate of drug-likeness (QED) is 0.330. The third-order valence-electron chi connectivity index (χ3n) is 3.49. The van der Waals surface area contributed by atoms with Gasteiger partial charge in [-0.25, -0.2) is 4.98 Å². The number of carbonyl (C=O) groups is 1. The van der Waals surface area contributed by atoms with Crippen molar-refractivity contribution in [2.24, 2.45) is 0 Å². The Bertz CT molecular complexity index is 871. The van der Waals surface area contributed by atoms with Gasteiger partial charge in [-0.3, -0.25) is 25.0 Å². The number of hydrogen-bond donors (Lipinski definition) is 3. The Balaban J connectivity index is 1.97. The standard InChI is InChI=1S/C16H19N7O5/c1-3-17-14-6-10(2)20-16(21-14)19-5-4-18-15(24)11-7-12(22(25)26)9-13(8-11)23(27)28/h6-9H,3-5H2,1-2H3,(H,18,24)(H2,17,19,20,21). The summed E-state index contributed by atoms with van der Waals surface area (Å²) in [6.45, 7) is 4.92. The normalized spacial score (nSPS) is 10.2. The summed E-state index contributed by atoms with van der Waals surface area (Å²) in [6.07, 6.45) is 0. The van der Waals surface area contributed by atoms with Crippen molar-refractivity contribution in [3.8, 4) is 0 Å². The van der Waals surface area contributed by atoms with E-state index in [1.165, 1.54) is 0 Å². The summed E-state index contributed by atoms with van der Waals surface area (Å²) in [5.74, 6) is 0.397. The Kier molecular flexibility index (Phi) is 6.73. The Labute approximate surface area is 159 Å². The summed E-state index contributed by atoms with van der Waals surface area (Å²) in [5.41, 5.74) is -0.452. The van der Waals surface area contributed by atoms with Crippen molar-refractivity contribution in [1.29, 1.82) is 0 Å². The summed E-state index contributed by atoms with van der Waals surface area (Å²) in [7, 11) is 0. The van der Waals surface area contributed by atoms with Crippen LogP contribution in [0, 0.1) is 27.2 Å². The topological polar surface area (TPSA) is 165 Å². The molecule has 0 atom stereocenters. The highest BCUT2D eigenvalue weighted by Crippen LogP contribution is 2.22. The molecule has 0 fully saturated rings. The lowest BCUT2D eigenvalue weighted by Gasteiger charge is -2.09. The zero-order valence-corrected chi connectivity index (χ0v) is 15.3. The summed E-state index contributed by atoms with van der Waals surface area (Å²) in [5, 5.41) is 30.4. The number of amides is 1. The molecule has 3 N–H and O–H groups in total. The van der Waals surface area contributed by atoms with E-state index in [4.69, 9.17) is 0 Å². The molecule has 1 aromatic carbocycles. The van der Waals surface area contributed by atoms with Crippen LogP contribution in [-0.4, -0.2) is 45.4 Å². The van der Waals surface area contributed by atoms with E-state index in [1.54, 1.807) is 6.07 Å². The fraction of sp³-hybridized carbons (Fsp3) is 0.312. The molecule has 28 heavy (non-hydrogen) atoms. The van der Waals surface area contributed by atoms with Crippen LogP contribution in [0.2, 0.25) is 0 Å². The van der Waals surface area contributed by atoms with Gasteiger partial charge in [-0.15, -0.1) is 0 Å². The largest absolute Gasteiger partial charge is 0.370 e. The van der Waals surface area contributed by atoms with Crippen molar-refractivity contribution in [3.05, 3.63) is 55.8 Å². The Hall–Kier alpha value is -3.83. The molecular formula is C16H19N7O5. The van der Waals surface area contributed by atoms with E-state index in [0.717, 1.165) is 23.9 Å². The summed E-state index contributed by atoms with van der Waals surface area (Å²) >= 11 is 0. The molecule has 1 aromatic heterocycles. The number of benzene rings is 1. The Morgan fingerprint density at radius 3 is 2.21 bits per heavy atom. The predicted molar refractivity (Wildman–Crippen MR) is 102 cm³/mol. The van der Waals surface area contributed by atoms with Crippen molar-refractivity contribution in [3.63, 3.8) is 0 Å². The first-order valence-corrected chi connectivity index (χ1v) is 8.35. The van der Waals surface area contributed by atoms with E-state index in [9.17, 15) is 25.0 Å². The fourth-order valence-electron chi connectivity index (χ4n) is 2.31. The van der Waals surface area contributed by atoms with Gasteiger partial charge in [0.15, 0.2) is 0 Å². The van der Waals surface area contributed by atoms with Gasteiger partial charge in [0, 0.05) is 43.5 Å². The molecule has 0 unspecified atom stereocenters. The van der Waals surface area contributed by atoms with Gasteiger partial charge in [-0.2, -0.15) is 4.98 Å². The molecular weight excluding hydrogens is 370 g/mol. The lowest BCUT2D eigenvalue weighted by molar-refractivity contribution is -0.394. The number of carbonyl (C=O) groups excluding carboxylic acids is 1. The van der Waals surface area contributed by atoms with Gasteiger partial charge in [0.25, 0.3) is 17.3 Å². The van der Waals surface area contributed by atoms with Crippen LogP contribution in [0.1, 0.15) is 23.0 Å². The lowest BCUT2D eigenvalue weighted by Crippen LogP contribution is -2.29. The second-order valence-electron chi connectivity index (χ2n) is 5.68. The molecule has 2 rings (SSSR count). The van der Waals surface area contributed by atoms with Crippen LogP contribution in [0.4, 0.5) is 23.1 Å². The molecule has 1 amide bonds. The molecule has 0 radical (unpaired) electrons. The number of non-ortho nitro benzene ring substituents is 2. The number of nitrogens with zero attached hydrogens (tertiary/aromatic N) is 4. The van der Waals surface area contributed by atoms with Gasteiger partial charge in [-0.1, -0.05) is 0 Å². The molecule has 1 heterocycles. The molecule has 0 saturated heterocycles. The van der Waals surface area contributed by atoms with Crippen molar-refractivity contribution >= 4 is 29.0 Å². The first-order chi connectivity index (χ1) is 13.3. The van der Waals surface area contributed by atoms with E-state index in [-0.39, 0.29) is 18.7 Å². The van der Waals surface area contributed by atoms with Crippen molar-refractivity contribution in [1.82, 2.24) is 15.3 Å².